The second-order valence-electron chi connectivity index (χ2n) is 4.54. The molecule has 0 spiro atoms. The lowest BCUT2D eigenvalue weighted by Crippen LogP contribution is -2.31. The fraction of sp³-hybridized carbons (Fsp3) is 0.308. The number of hydrogen-bond donors (Lipinski definition) is 1. The molecule has 2 aromatic heterocycles. The monoisotopic (exact) mass is 276 g/mol. The van der Waals surface area contributed by atoms with Gasteiger partial charge in [0.05, 0.1) is 23.5 Å². The Morgan fingerprint density at radius 2 is 2.11 bits per heavy atom. The molecule has 0 fully saturated rings. The van der Waals surface area contributed by atoms with Gasteiger partial charge in [-0.2, -0.15) is 5.10 Å². The van der Waals surface area contributed by atoms with Crippen molar-refractivity contribution in [2.24, 2.45) is 12.8 Å². The average Bonchev–Trinajstić information content (AvgIpc) is 2.62. The molecule has 0 unspecified atom stereocenters. The first-order valence-electron chi connectivity index (χ1n) is 5.90. The van der Waals surface area contributed by atoms with Gasteiger partial charge in [-0.15, -0.1) is 0 Å². The zero-order valence-corrected chi connectivity index (χ0v) is 12.0. The molecule has 2 aromatic rings. The van der Waals surface area contributed by atoms with E-state index in [1.807, 2.05) is 33.0 Å². The zero-order valence-electron chi connectivity index (χ0n) is 11.2. The van der Waals surface area contributed by atoms with Crippen molar-refractivity contribution < 1.29 is 0 Å². The minimum absolute atomic E-state index is 0.125. The van der Waals surface area contributed by atoms with E-state index in [-0.39, 0.29) is 10.5 Å². The summed E-state index contributed by atoms with van der Waals surface area (Å²) in [5, 5.41) is 4.27. The number of thiocarbonyl (C=S) groups is 1. The molecule has 19 heavy (non-hydrogen) atoms. The lowest BCUT2D eigenvalue weighted by atomic mass is 10.2. The quantitative estimate of drug-likeness (QED) is 0.845. The number of pyridine rings is 1. The fourth-order valence-corrected chi connectivity index (χ4v) is 2.18. The normalized spacial score (nSPS) is 10.7. The molecule has 2 heterocycles. The van der Waals surface area contributed by atoms with Gasteiger partial charge >= 0.3 is 0 Å². The van der Waals surface area contributed by atoms with Crippen LogP contribution in [0.3, 0.4) is 0 Å². The molecule has 0 aliphatic carbocycles. The van der Waals surface area contributed by atoms with Crippen LogP contribution in [-0.4, -0.2) is 19.3 Å². The summed E-state index contributed by atoms with van der Waals surface area (Å²) in [6.45, 7) is 4.26. The molecular formula is C13H16N4OS. The predicted octanol–water partition coefficient (Wildman–Crippen LogP) is 0.881. The van der Waals surface area contributed by atoms with Crippen molar-refractivity contribution in [2.75, 3.05) is 0 Å². The number of nitrogens with zero attached hydrogens (tertiary/aromatic N) is 3. The second-order valence-corrected chi connectivity index (χ2v) is 4.98. The Kier molecular flexibility index (Phi) is 3.53. The van der Waals surface area contributed by atoms with Gasteiger partial charge in [-0.1, -0.05) is 12.2 Å². The fourth-order valence-electron chi connectivity index (χ4n) is 2.03. The van der Waals surface area contributed by atoms with Crippen LogP contribution in [0.15, 0.2) is 23.0 Å². The van der Waals surface area contributed by atoms with E-state index in [2.05, 4.69) is 5.10 Å². The van der Waals surface area contributed by atoms with E-state index in [4.69, 9.17) is 18.0 Å². The summed E-state index contributed by atoms with van der Waals surface area (Å²) in [6.07, 6.45) is 0. The van der Waals surface area contributed by atoms with Gasteiger partial charge in [0.1, 0.15) is 4.99 Å². The largest absolute Gasteiger partial charge is 0.389 e. The maximum atomic E-state index is 12.3. The van der Waals surface area contributed by atoms with E-state index < -0.39 is 0 Å². The molecule has 0 aliphatic heterocycles. The molecule has 0 saturated carbocycles. The summed E-state index contributed by atoms with van der Waals surface area (Å²) in [7, 11) is 1.86. The summed E-state index contributed by atoms with van der Waals surface area (Å²) >= 11 is 4.89. The van der Waals surface area contributed by atoms with E-state index in [9.17, 15) is 4.79 Å². The van der Waals surface area contributed by atoms with Crippen LogP contribution < -0.4 is 11.3 Å². The third-order valence-electron chi connectivity index (χ3n) is 3.08. The molecule has 5 nitrogen and oxygen atoms in total. The number of hydrogen-bond acceptors (Lipinski definition) is 3. The third-order valence-corrected chi connectivity index (χ3v) is 3.30. The first-order chi connectivity index (χ1) is 8.90. The van der Waals surface area contributed by atoms with Crippen LogP contribution >= 0.6 is 12.2 Å². The van der Waals surface area contributed by atoms with E-state index >= 15 is 0 Å². The standard InChI is InChI=1S/C13H16N4OS/c1-8-6-10(16(3)15-8)7-17-9(2)4-5-11(12(14)19)13(17)18/h4-6H,7H2,1-3H3,(H2,14,19). The number of nitrogens with two attached hydrogens (primary N) is 1. The summed E-state index contributed by atoms with van der Waals surface area (Å²) in [6, 6.07) is 5.48. The van der Waals surface area contributed by atoms with Crippen molar-refractivity contribution in [1.82, 2.24) is 14.3 Å². The zero-order chi connectivity index (χ0) is 14.2. The molecule has 6 heteroatoms. The Balaban J connectivity index is 2.51. The van der Waals surface area contributed by atoms with Crippen LogP contribution in [0.25, 0.3) is 0 Å². The summed E-state index contributed by atoms with van der Waals surface area (Å²) in [4.78, 5) is 12.4. The summed E-state index contributed by atoms with van der Waals surface area (Å²) in [5.41, 5.74) is 8.53. The Bertz CT molecular complexity index is 699. The van der Waals surface area contributed by atoms with Crippen molar-refractivity contribution >= 4 is 17.2 Å². The third kappa shape index (κ3) is 2.58. The van der Waals surface area contributed by atoms with E-state index in [1.165, 1.54) is 0 Å². The summed E-state index contributed by atoms with van der Waals surface area (Å²) in [5.74, 6) is 0. The number of rotatable bonds is 3. The highest BCUT2D eigenvalue weighted by Gasteiger charge is 2.11. The topological polar surface area (TPSA) is 65.8 Å². The second kappa shape index (κ2) is 4.97. The SMILES string of the molecule is Cc1cc(Cn2c(C)ccc(C(N)=S)c2=O)n(C)n1. The molecule has 0 amide bonds. The Morgan fingerprint density at radius 3 is 2.63 bits per heavy atom. The number of aryl methyl sites for hydroxylation is 3. The lowest BCUT2D eigenvalue weighted by Gasteiger charge is -2.11. The molecule has 0 radical (unpaired) electrons. The van der Waals surface area contributed by atoms with Gasteiger partial charge in [-0.05, 0) is 32.0 Å². The van der Waals surface area contributed by atoms with Crippen molar-refractivity contribution in [3.05, 3.63) is 51.2 Å². The lowest BCUT2D eigenvalue weighted by molar-refractivity contribution is 0.640. The Labute approximate surface area is 116 Å². The highest BCUT2D eigenvalue weighted by Crippen LogP contribution is 2.06. The van der Waals surface area contributed by atoms with Crippen LogP contribution in [0.4, 0.5) is 0 Å². The van der Waals surface area contributed by atoms with Gasteiger partial charge < -0.3 is 10.3 Å². The van der Waals surface area contributed by atoms with Crippen LogP contribution in [0.1, 0.15) is 22.6 Å². The van der Waals surface area contributed by atoms with Crippen LogP contribution in [0, 0.1) is 13.8 Å². The molecular weight excluding hydrogens is 260 g/mol. The van der Waals surface area contributed by atoms with Crippen molar-refractivity contribution in [3.63, 3.8) is 0 Å². The Hall–Kier alpha value is -1.95. The predicted molar refractivity (Wildman–Crippen MR) is 78.4 cm³/mol. The van der Waals surface area contributed by atoms with Gasteiger partial charge in [0.15, 0.2) is 0 Å². The van der Waals surface area contributed by atoms with E-state index in [0.717, 1.165) is 17.1 Å². The molecule has 0 aromatic carbocycles. The number of aromatic nitrogens is 3. The van der Waals surface area contributed by atoms with Crippen molar-refractivity contribution in [1.29, 1.82) is 0 Å². The van der Waals surface area contributed by atoms with Gasteiger partial charge in [0.2, 0.25) is 0 Å². The molecule has 0 bridgehead atoms. The minimum Gasteiger partial charge on any atom is -0.389 e. The summed E-state index contributed by atoms with van der Waals surface area (Å²) < 4.78 is 3.43. The van der Waals surface area contributed by atoms with Crippen LogP contribution in [0.5, 0.6) is 0 Å². The molecule has 0 aliphatic rings. The molecule has 2 rings (SSSR count). The molecule has 100 valence electrons. The van der Waals surface area contributed by atoms with Gasteiger partial charge in [-0.3, -0.25) is 9.48 Å². The smallest absolute Gasteiger partial charge is 0.261 e. The highest BCUT2D eigenvalue weighted by molar-refractivity contribution is 7.80. The maximum absolute atomic E-state index is 12.3. The van der Waals surface area contributed by atoms with Gasteiger partial charge in [0, 0.05) is 12.7 Å². The van der Waals surface area contributed by atoms with Gasteiger partial charge in [0.25, 0.3) is 5.56 Å². The van der Waals surface area contributed by atoms with Crippen molar-refractivity contribution in [3.8, 4) is 0 Å². The van der Waals surface area contributed by atoms with Crippen molar-refractivity contribution in [2.45, 2.75) is 20.4 Å². The van der Waals surface area contributed by atoms with Crippen LogP contribution in [0.2, 0.25) is 0 Å². The molecule has 0 atom stereocenters. The Morgan fingerprint density at radius 1 is 1.42 bits per heavy atom. The van der Waals surface area contributed by atoms with E-state index in [1.54, 1.807) is 15.3 Å². The molecule has 2 N–H and O–H groups in total. The van der Waals surface area contributed by atoms with E-state index in [0.29, 0.717) is 12.1 Å². The first-order valence-corrected chi connectivity index (χ1v) is 6.30. The maximum Gasteiger partial charge on any atom is 0.261 e. The average molecular weight is 276 g/mol. The van der Waals surface area contributed by atoms with Crippen LogP contribution in [-0.2, 0) is 13.6 Å². The van der Waals surface area contributed by atoms with Gasteiger partial charge in [-0.25, -0.2) is 0 Å². The molecule has 0 saturated heterocycles. The minimum atomic E-state index is -0.161. The highest BCUT2D eigenvalue weighted by atomic mass is 32.1. The first kappa shape index (κ1) is 13.5.